The molecule has 2 heterocycles. The smallest absolute Gasteiger partial charge is 0.269 e. The third-order valence-corrected chi connectivity index (χ3v) is 6.00. The molecule has 1 saturated heterocycles. The molecule has 10 heteroatoms. The summed E-state index contributed by atoms with van der Waals surface area (Å²) in [7, 11) is -3.94. The number of amides is 1. The number of benzene rings is 1. The van der Waals surface area contributed by atoms with Crippen molar-refractivity contribution in [1.29, 1.82) is 0 Å². The minimum atomic E-state index is -3.94. The summed E-state index contributed by atoms with van der Waals surface area (Å²) in [6, 6.07) is 8.80. The van der Waals surface area contributed by atoms with Crippen LogP contribution in [0.15, 0.2) is 53.6 Å². The van der Waals surface area contributed by atoms with Crippen LogP contribution in [0.3, 0.4) is 0 Å². The number of hydrogen-bond acceptors (Lipinski definition) is 6. The molecule has 1 fully saturated rings. The number of rotatable bonds is 5. The van der Waals surface area contributed by atoms with Crippen LogP contribution in [0.25, 0.3) is 0 Å². The molecular weight excluding hydrogens is 360 g/mol. The van der Waals surface area contributed by atoms with Crippen molar-refractivity contribution in [1.82, 2.24) is 9.29 Å². The Labute approximate surface area is 149 Å². The van der Waals surface area contributed by atoms with Gasteiger partial charge in [0.05, 0.1) is 9.82 Å². The second kappa shape index (κ2) is 7.18. The Bertz CT molecular complexity index is 915. The van der Waals surface area contributed by atoms with E-state index in [9.17, 15) is 23.3 Å². The van der Waals surface area contributed by atoms with E-state index in [2.05, 4.69) is 10.3 Å². The van der Waals surface area contributed by atoms with Gasteiger partial charge in [-0.25, -0.2) is 13.4 Å². The van der Waals surface area contributed by atoms with Gasteiger partial charge in [0, 0.05) is 24.9 Å². The number of pyridine rings is 1. The van der Waals surface area contributed by atoms with Gasteiger partial charge in [0.25, 0.3) is 5.69 Å². The number of carbonyl (C=O) groups is 1. The topological polar surface area (TPSA) is 123 Å². The number of carbonyl (C=O) groups excluding carboxylic acids is 1. The van der Waals surface area contributed by atoms with Crippen molar-refractivity contribution in [3.8, 4) is 0 Å². The zero-order chi connectivity index (χ0) is 18.7. The van der Waals surface area contributed by atoms with Crippen molar-refractivity contribution < 1.29 is 18.1 Å². The summed E-state index contributed by atoms with van der Waals surface area (Å²) in [4.78, 5) is 26.5. The van der Waals surface area contributed by atoms with E-state index in [1.165, 1.54) is 18.3 Å². The summed E-state index contributed by atoms with van der Waals surface area (Å²) >= 11 is 0. The first-order chi connectivity index (χ1) is 12.4. The Morgan fingerprint density at radius 3 is 2.58 bits per heavy atom. The SMILES string of the molecule is O=C(Nc1ccccn1)[C@@H]1CCCN1S(=O)(=O)c1ccc([N+](=O)[O-])cc1. The Balaban J connectivity index is 1.82. The second-order valence-corrected chi connectivity index (χ2v) is 7.62. The number of hydrogen-bond donors (Lipinski definition) is 1. The standard InChI is InChI=1S/C16H16N4O5S/c21-16(18-15-5-1-2-10-17-15)14-4-3-11-19(14)26(24,25)13-8-6-12(7-9-13)20(22)23/h1-2,5-10,14H,3-4,11H2,(H,17,18,21)/t14-/m0/s1. The molecule has 136 valence electrons. The monoisotopic (exact) mass is 376 g/mol. The molecule has 0 unspecified atom stereocenters. The summed E-state index contributed by atoms with van der Waals surface area (Å²) in [6.07, 6.45) is 2.47. The van der Waals surface area contributed by atoms with Gasteiger partial charge in [-0.2, -0.15) is 4.31 Å². The maximum absolute atomic E-state index is 12.8. The van der Waals surface area contributed by atoms with Gasteiger partial charge in [-0.3, -0.25) is 14.9 Å². The Morgan fingerprint density at radius 1 is 1.23 bits per heavy atom. The molecule has 2 aromatic rings. The highest BCUT2D eigenvalue weighted by Crippen LogP contribution is 2.27. The molecule has 0 bridgehead atoms. The third kappa shape index (κ3) is 3.55. The molecule has 1 aliphatic rings. The van der Waals surface area contributed by atoms with Gasteiger partial charge in [-0.05, 0) is 37.1 Å². The predicted octanol–water partition coefficient (Wildman–Crippen LogP) is 1.78. The third-order valence-electron chi connectivity index (χ3n) is 4.08. The molecular formula is C16H16N4O5S. The van der Waals surface area contributed by atoms with Crippen molar-refractivity contribution in [3.05, 3.63) is 58.8 Å². The van der Waals surface area contributed by atoms with Gasteiger partial charge in [0.15, 0.2) is 0 Å². The van der Waals surface area contributed by atoms with Crippen LogP contribution in [-0.2, 0) is 14.8 Å². The van der Waals surface area contributed by atoms with E-state index in [1.54, 1.807) is 18.2 Å². The van der Waals surface area contributed by atoms with Gasteiger partial charge in [0.1, 0.15) is 11.9 Å². The minimum absolute atomic E-state index is 0.0827. The molecule has 9 nitrogen and oxygen atoms in total. The average Bonchev–Trinajstić information content (AvgIpc) is 3.13. The van der Waals surface area contributed by atoms with Crippen LogP contribution in [-0.4, -0.2) is 41.1 Å². The molecule has 0 radical (unpaired) electrons. The molecule has 0 saturated carbocycles. The van der Waals surface area contributed by atoms with E-state index in [-0.39, 0.29) is 17.1 Å². The molecule has 1 aliphatic heterocycles. The Kier molecular flexibility index (Phi) is 4.96. The number of nitro groups is 1. The van der Waals surface area contributed by atoms with Crippen molar-refractivity contribution in [2.24, 2.45) is 0 Å². The van der Waals surface area contributed by atoms with E-state index in [0.717, 1.165) is 16.4 Å². The van der Waals surface area contributed by atoms with Gasteiger partial charge in [-0.15, -0.1) is 0 Å². The minimum Gasteiger partial charge on any atom is -0.309 e. The highest BCUT2D eigenvalue weighted by atomic mass is 32.2. The Hall–Kier alpha value is -2.85. The van der Waals surface area contributed by atoms with E-state index in [0.29, 0.717) is 18.7 Å². The number of nitro benzene ring substituents is 1. The number of anilines is 1. The van der Waals surface area contributed by atoms with E-state index in [4.69, 9.17) is 0 Å². The lowest BCUT2D eigenvalue weighted by molar-refractivity contribution is -0.384. The normalized spacial score (nSPS) is 17.8. The van der Waals surface area contributed by atoms with Crippen LogP contribution in [0.2, 0.25) is 0 Å². The first kappa shape index (κ1) is 18.0. The summed E-state index contributed by atoms with van der Waals surface area (Å²) in [5.41, 5.74) is -0.199. The lowest BCUT2D eigenvalue weighted by atomic mass is 10.2. The number of aromatic nitrogens is 1. The number of sulfonamides is 1. The number of nitrogens with one attached hydrogen (secondary N) is 1. The van der Waals surface area contributed by atoms with E-state index < -0.39 is 26.9 Å². The summed E-state index contributed by atoms with van der Waals surface area (Å²) < 4.78 is 26.8. The fourth-order valence-electron chi connectivity index (χ4n) is 2.81. The molecule has 0 aliphatic carbocycles. The summed E-state index contributed by atoms with van der Waals surface area (Å²) in [6.45, 7) is 0.208. The molecule has 3 rings (SSSR count). The van der Waals surface area contributed by atoms with Gasteiger partial charge >= 0.3 is 0 Å². The van der Waals surface area contributed by atoms with E-state index in [1.807, 2.05) is 0 Å². The fourth-order valence-corrected chi connectivity index (χ4v) is 4.47. The summed E-state index contributed by atoms with van der Waals surface area (Å²) in [5.74, 6) is -0.108. The molecule has 1 aromatic carbocycles. The predicted molar refractivity (Wildman–Crippen MR) is 92.9 cm³/mol. The fraction of sp³-hybridized carbons (Fsp3) is 0.250. The van der Waals surface area contributed by atoms with Crippen molar-refractivity contribution in [2.75, 3.05) is 11.9 Å². The van der Waals surface area contributed by atoms with Crippen molar-refractivity contribution >= 4 is 27.4 Å². The molecule has 1 aromatic heterocycles. The van der Waals surface area contributed by atoms with Crippen LogP contribution >= 0.6 is 0 Å². The number of nitrogens with zero attached hydrogens (tertiary/aromatic N) is 3. The quantitative estimate of drug-likeness (QED) is 0.627. The second-order valence-electron chi connectivity index (χ2n) is 5.73. The van der Waals surface area contributed by atoms with Crippen molar-refractivity contribution in [3.63, 3.8) is 0 Å². The highest BCUT2D eigenvalue weighted by molar-refractivity contribution is 7.89. The zero-order valence-electron chi connectivity index (χ0n) is 13.6. The number of non-ortho nitro benzene ring substituents is 1. The maximum atomic E-state index is 12.8. The summed E-state index contributed by atoms with van der Waals surface area (Å²) in [5, 5.41) is 13.3. The lowest BCUT2D eigenvalue weighted by Crippen LogP contribution is -2.43. The Morgan fingerprint density at radius 2 is 1.96 bits per heavy atom. The highest BCUT2D eigenvalue weighted by Gasteiger charge is 2.39. The molecule has 1 N–H and O–H groups in total. The first-order valence-corrected chi connectivity index (χ1v) is 9.32. The molecule has 1 amide bonds. The zero-order valence-corrected chi connectivity index (χ0v) is 14.4. The van der Waals surface area contributed by atoms with Crippen LogP contribution in [0.1, 0.15) is 12.8 Å². The van der Waals surface area contributed by atoms with Gasteiger partial charge in [0.2, 0.25) is 15.9 Å². The maximum Gasteiger partial charge on any atom is 0.269 e. The van der Waals surface area contributed by atoms with Gasteiger partial charge < -0.3 is 5.32 Å². The lowest BCUT2D eigenvalue weighted by Gasteiger charge is -2.23. The molecule has 0 spiro atoms. The molecule has 26 heavy (non-hydrogen) atoms. The van der Waals surface area contributed by atoms with Crippen LogP contribution in [0.5, 0.6) is 0 Å². The van der Waals surface area contributed by atoms with Crippen LogP contribution < -0.4 is 5.32 Å². The average molecular weight is 376 g/mol. The van der Waals surface area contributed by atoms with Gasteiger partial charge in [-0.1, -0.05) is 6.07 Å². The molecule has 1 atom stereocenters. The largest absolute Gasteiger partial charge is 0.309 e. The van der Waals surface area contributed by atoms with Crippen LogP contribution in [0.4, 0.5) is 11.5 Å². The first-order valence-electron chi connectivity index (χ1n) is 7.88. The van der Waals surface area contributed by atoms with Crippen molar-refractivity contribution in [2.45, 2.75) is 23.8 Å². The van der Waals surface area contributed by atoms with E-state index >= 15 is 0 Å². The van der Waals surface area contributed by atoms with Crippen LogP contribution in [0, 0.1) is 10.1 Å².